The molecule has 0 spiro atoms. The van der Waals surface area contributed by atoms with Gasteiger partial charge in [0, 0.05) is 23.7 Å². The van der Waals surface area contributed by atoms with Crippen LogP contribution in [0.1, 0.15) is 11.1 Å². The number of alkyl halides is 6. The Morgan fingerprint density at radius 2 is 1.66 bits per heavy atom. The SMILES string of the molecule is COc1ccc2c(ccn2S(=O)(=O)c2cccc(C(F)(F)F)c2)c1CN(C)C.O=C(O)C(F)(F)F. The van der Waals surface area contributed by atoms with Crippen LogP contribution in [-0.4, -0.2) is 55.7 Å². The third-order valence-electron chi connectivity index (χ3n) is 4.56. The molecule has 0 aliphatic heterocycles. The molecule has 0 radical (unpaired) electrons. The van der Waals surface area contributed by atoms with Gasteiger partial charge >= 0.3 is 18.3 Å². The molecule has 0 aliphatic carbocycles. The maximum atomic E-state index is 13.0. The van der Waals surface area contributed by atoms with Crippen LogP contribution >= 0.6 is 0 Å². The summed E-state index contributed by atoms with van der Waals surface area (Å²) in [7, 11) is 1.06. The minimum Gasteiger partial charge on any atom is -0.496 e. The number of methoxy groups -OCH3 is 1. The summed E-state index contributed by atoms with van der Waals surface area (Å²) in [6.45, 7) is 0.508. The van der Waals surface area contributed by atoms with Crippen LogP contribution in [-0.2, 0) is 27.5 Å². The van der Waals surface area contributed by atoms with Crippen molar-refractivity contribution in [2.45, 2.75) is 23.8 Å². The van der Waals surface area contributed by atoms with Gasteiger partial charge in [-0.05, 0) is 50.5 Å². The van der Waals surface area contributed by atoms with Gasteiger partial charge in [0.25, 0.3) is 10.0 Å². The van der Waals surface area contributed by atoms with Crippen LogP contribution in [0.4, 0.5) is 26.3 Å². The molecule has 0 unspecified atom stereocenters. The van der Waals surface area contributed by atoms with Crippen molar-refractivity contribution in [3.63, 3.8) is 0 Å². The third-order valence-corrected chi connectivity index (χ3v) is 6.25. The number of halogens is 6. The molecule has 2 aromatic carbocycles. The van der Waals surface area contributed by atoms with Crippen molar-refractivity contribution in [2.24, 2.45) is 0 Å². The van der Waals surface area contributed by atoms with Crippen molar-refractivity contribution < 1.29 is 49.4 Å². The molecule has 0 saturated heterocycles. The number of hydrogen-bond acceptors (Lipinski definition) is 5. The predicted molar refractivity (Wildman–Crippen MR) is 114 cm³/mol. The van der Waals surface area contributed by atoms with Gasteiger partial charge in [-0.15, -0.1) is 0 Å². The molecule has 0 aliphatic rings. The van der Waals surface area contributed by atoms with Crippen molar-refractivity contribution in [1.82, 2.24) is 8.87 Å². The number of aliphatic carboxylic acids is 1. The Bertz CT molecular complexity index is 1310. The second kappa shape index (κ2) is 10.2. The number of aromatic nitrogens is 1. The van der Waals surface area contributed by atoms with Crippen LogP contribution in [0.2, 0.25) is 0 Å². The van der Waals surface area contributed by atoms with Gasteiger partial charge in [-0.3, -0.25) is 0 Å². The van der Waals surface area contributed by atoms with E-state index in [0.717, 1.165) is 27.7 Å². The van der Waals surface area contributed by atoms with E-state index in [0.29, 0.717) is 29.3 Å². The molecule has 3 aromatic rings. The lowest BCUT2D eigenvalue weighted by Gasteiger charge is -2.15. The zero-order valence-electron chi connectivity index (χ0n) is 18.5. The fraction of sp³-hybridized carbons (Fsp3) is 0.286. The smallest absolute Gasteiger partial charge is 0.490 e. The second-order valence-corrected chi connectivity index (χ2v) is 9.18. The van der Waals surface area contributed by atoms with Gasteiger partial charge in [0.1, 0.15) is 5.75 Å². The summed E-state index contributed by atoms with van der Waals surface area (Å²) >= 11 is 0. The number of fused-ring (bicyclic) bond motifs is 1. The van der Waals surface area contributed by atoms with E-state index in [1.165, 1.54) is 13.3 Å². The highest BCUT2D eigenvalue weighted by molar-refractivity contribution is 7.90. The summed E-state index contributed by atoms with van der Waals surface area (Å²) < 4.78 is 103. The average molecular weight is 526 g/mol. The van der Waals surface area contributed by atoms with Gasteiger partial charge < -0.3 is 14.7 Å². The Morgan fingerprint density at radius 3 is 2.14 bits per heavy atom. The molecular formula is C21H20F6N2O5S. The van der Waals surface area contributed by atoms with E-state index >= 15 is 0 Å². The molecule has 1 aromatic heterocycles. The topological polar surface area (TPSA) is 88.8 Å². The molecule has 0 saturated carbocycles. The number of carboxylic acid groups (broad SMARTS) is 1. The Morgan fingerprint density at radius 1 is 1.06 bits per heavy atom. The minimum atomic E-state index is -5.08. The first-order valence-electron chi connectivity index (χ1n) is 9.54. The Labute approximate surface area is 196 Å². The van der Waals surface area contributed by atoms with Crippen molar-refractivity contribution in [3.8, 4) is 5.75 Å². The maximum absolute atomic E-state index is 13.0. The Hall–Kier alpha value is -3.26. The van der Waals surface area contributed by atoms with Gasteiger partial charge in [-0.2, -0.15) is 26.3 Å². The van der Waals surface area contributed by atoms with E-state index in [9.17, 15) is 34.8 Å². The molecular weight excluding hydrogens is 506 g/mol. The molecule has 14 heteroatoms. The van der Waals surface area contributed by atoms with Crippen molar-refractivity contribution in [1.29, 1.82) is 0 Å². The number of ether oxygens (including phenoxy) is 1. The van der Waals surface area contributed by atoms with Crippen molar-refractivity contribution >= 4 is 26.9 Å². The lowest BCUT2D eigenvalue weighted by molar-refractivity contribution is -0.192. The summed E-state index contributed by atoms with van der Waals surface area (Å²) in [5, 5.41) is 7.78. The van der Waals surface area contributed by atoms with Crippen LogP contribution in [0.5, 0.6) is 5.75 Å². The first-order chi connectivity index (χ1) is 16.0. The fourth-order valence-electron chi connectivity index (χ4n) is 3.06. The summed E-state index contributed by atoms with van der Waals surface area (Å²) in [5.41, 5.74) is 0.151. The molecule has 192 valence electrons. The van der Waals surface area contributed by atoms with Gasteiger partial charge in [0.2, 0.25) is 0 Å². The van der Waals surface area contributed by atoms with E-state index < -0.39 is 38.8 Å². The molecule has 7 nitrogen and oxygen atoms in total. The van der Waals surface area contributed by atoms with Crippen LogP contribution in [0.3, 0.4) is 0 Å². The maximum Gasteiger partial charge on any atom is 0.490 e. The van der Waals surface area contributed by atoms with Crippen LogP contribution < -0.4 is 4.74 Å². The fourth-order valence-corrected chi connectivity index (χ4v) is 4.45. The van der Waals surface area contributed by atoms with Crippen LogP contribution in [0, 0.1) is 0 Å². The first-order valence-corrected chi connectivity index (χ1v) is 11.0. The van der Waals surface area contributed by atoms with E-state index in [4.69, 9.17) is 14.6 Å². The summed E-state index contributed by atoms with van der Waals surface area (Å²) in [4.78, 5) is 10.4. The molecule has 1 N–H and O–H groups in total. The van der Waals surface area contributed by atoms with Crippen molar-refractivity contribution in [3.05, 3.63) is 59.8 Å². The second-order valence-electron chi connectivity index (χ2n) is 7.36. The summed E-state index contributed by atoms with van der Waals surface area (Å²) in [6, 6.07) is 8.58. The predicted octanol–water partition coefficient (Wildman–Crippen LogP) is 4.60. The number of hydrogen-bond donors (Lipinski definition) is 1. The lowest BCUT2D eigenvalue weighted by atomic mass is 10.1. The summed E-state index contributed by atoms with van der Waals surface area (Å²) in [5.74, 6) is -2.15. The Kier molecular flexibility index (Phi) is 8.12. The monoisotopic (exact) mass is 526 g/mol. The molecule has 0 atom stereocenters. The van der Waals surface area contributed by atoms with E-state index in [-0.39, 0.29) is 0 Å². The number of benzene rings is 2. The number of carbonyl (C=O) groups is 1. The zero-order chi connectivity index (χ0) is 26.8. The standard InChI is InChI=1S/C19H19F3N2O3S.C2HF3O2/c1-23(2)12-16-15-9-10-24(17(15)7-8-18(16)27-3)28(25,26)14-6-4-5-13(11-14)19(20,21)22;3-2(4,5)1(6)7/h4-11H,12H2,1-3H3;(H,6,7). The molecule has 0 fully saturated rings. The highest BCUT2D eigenvalue weighted by Crippen LogP contribution is 2.34. The average Bonchev–Trinajstić information content (AvgIpc) is 3.18. The third kappa shape index (κ3) is 6.45. The van der Waals surface area contributed by atoms with E-state index in [1.807, 2.05) is 19.0 Å². The largest absolute Gasteiger partial charge is 0.496 e. The van der Waals surface area contributed by atoms with Gasteiger partial charge in [-0.25, -0.2) is 17.2 Å². The minimum absolute atomic E-state index is 0.370. The number of rotatable bonds is 5. The van der Waals surface area contributed by atoms with Crippen molar-refractivity contribution in [2.75, 3.05) is 21.2 Å². The van der Waals surface area contributed by atoms with Gasteiger partial charge in [-0.1, -0.05) is 6.07 Å². The summed E-state index contributed by atoms with van der Waals surface area (Å²) in [6.07, 6.45) is -8.37. The molecule has 0 bridgehead atoms. The van der Waals surface area contributed by atoms with Crippen LogP contribution in [0.15, 0.2) is 53.6 Å². The quantitative estimate of drug-likeness (QED) is 0.489. The highest BCUT2D eigenvalue weighted by atomic mass is 32.2. The first kappa shape index (κ1) is 28.0. The van der Waals surface area contributed by atoms with E-state index in [1.54, 1.807) is 18.2 Å². The molecule has 0 amide bonds. The highest BCUT2D eigenvalue weighted by Gasteiger charge is 2.38. The Balaban J connectivity index is 0.000000540. The van der Waals surface area contributed by atoms with E-state index in [2.05, 4.69) is 0 Å². The number of nitrogens with zero attached hydrogens (tertiary/aromatic N) is 2. The molecule has 35 heavy (non-hydrogen) atoms. The van der Waals surface area contributed by atoms with Crippen LogP contribution in [0.25, 0.3) is 10.9 Å². The van der Waals surface area contributed by atoms with Gasteiger partial charge in [0.05, 0.1) is 23.1 Å². The number of carboxylic acids is 1. The molecule has 1 heterocycles. The normalized spacial score (nSPS) is 12.4. The van der Waals surface area contributed by atoms with Gasteiger partial charge in [0.15, 0.2) is 0 Å². The lowest BCUT2D eigenvalue weighted by Crippen LogP contribution is -2.21. The molecule has 3 rings (SSSR count). The zero-order valence-corrected chi connectivity index (χ0v) is 19.3.